The average Bonchev–Trinajstić information content (AvgIpc) is 2.96. The van der Waals surface area contributed by atoms with Crippen LogP contribution in [0.25, 0.3) is 16.0 Å². The standard InChI is InChI=1S/C15H9ClN4OS2/c16-9-3-4-12-18-10(6-13(21)20(12)7-9)8-22-15-19-14-11(23-15)2-1-5-17-14/h1-7H,8H2. The van der Waals surface area contributed by atoms with Gasteiger partial charge < -0.3 is 0 Å². The third-order valence-corrected chi connectivity index (χ3v) is 5.58. The topological polar surface area (TPSA) is 60.2 Å². The van der Waals surface area contributed by atoms with Crippen LogP contribution in [0.2, 0.25) is 5.02 Å². The van der Waals surface area contributed by atoms with Crippen molar-refractivity contribution in [2.75, 3.05) is 0 Å². The van der Waals surface area contributed by atoms with E-state index in [2.05, 4.69) is 15.0 Å². The zero-order chi connectivity index (χ0) is 15.8. The molecule has 0 aliphatic rings. The van der Waals surface area contributed by atoms with Gasteiger partial charge in [-0.2, -0.15) is 0 Å². The Morgan fingerprint density at radius 2 is 2.17 bits per heavy atom. The molecule has 0 saturated heterocycles. The van der Waals surface area contributed by atoms with E-state index in [9.17, 15) is 4.79 Å². The zero-order valence-corrected chi connectivity index (χ0v) is 14.0. The number of rotatable bonds is 3. The lowest BCUT2D eigenvalue weighted by Crippen LogP contribution is -2.14. The van der Waals surface area contributed by atoms with E-state index in [4.69, 9.17) is 11.6 Å². The molecule has 0 aromatic carbocycles. The molecule has 0 N–H and O–H groups in total. The largest absolute Gasteiger partial charge is 0.269 e. The van der Waals surface area contributed by atoms with Gasteiger partial charge in [-0.25, -0.2) is 15.0 Å². The Morgan fingerprint density at radius 1 is 1.26 bits per heavy atom. The summed E-state index contributed by atoms with van der Waals surface area (Å²) >= 11 is 9.04. The molecule has 4 aromatic rings. The van der Waals surface area contributed by atoms with Crippen LogP contribution in [-0.2, 0) is 5.75 Å². The monoisotopic (exact) mass is 360 g/mol. The first-order valence-corrected chi connectivity index (χ1v) is 8.89. The van der Waals surface area contributed by atoms with Crippen LogP contribution in [-0.4, -0.2) is 19.4 Å². The third kappa shape index (κ3) is 2.95. The normalized spacial score (nSPS) is 11.3. The number of hydrogen-bond donors (Lipinski definition) is 0. The molecule has 0 aliphatic carbocycles. The van der Waals surface area contributed by atoms with Crippen molar-refractivity contribution >= 4 is 50.7 Å². The Labute approximate surface area is 144 Å². The molecule has 0 bridgehead atoms. The van der Waals surface area contributed by atoms with Crippen molar-refractivity contribution in [3.8, 4) is 0 Å². The molecular formula is C15H9ClN4OS2. The molecule has 4 heterocycles. The van der Waals surface area contributed by atoms with Gasteiger partial charge in [0.2, 0.25) is 0 Å². The Morgan fingerprint density at radius 3 is 3.04 bits per heavy atom. The first-order chi connectivity index (χ1) is 11.2. The Hall–Kier alpha value is -1.96. The summed E-state index contributed by atoms with van der Waals surface area (Å²) in [5, 5.41) is 0.505. The number of aromatic nitrogens is 4. The summed E-state index contributed by atoms with van der Waals surface area (Å²) in [6, 6.07) is 8.88. The molecule has 4 aromatic heterocycles. The summed E-state index contributed by atoms with van der Waals surface area (Å²) in [5.41, 5.74) is 1.92. The van der Waals surface area contributed by atoms with E-state index < -0.39 is 0 Å². The Kier molecular flexibility index (Phi) is 3.76. The second kappa shape index (κ2) is 5.92. The number of pyridine rings is 2. The molecule has 0 spiro atoms. The lowest BCUT2D eigenvalue weighted by atomic mass is 10.4. The van der Waals surface area contributed by atoms with E-state index in [0.29, 0.717) is 16.4 Å². The molecule has 0 radical (unpaired) electrons. The minimum absolute atomic E-state index is 0.140. The number of fused-ring (bicyclic) bond motifs is 2. The molecule has 0 saturated carbocycles. The molecule has 0 amide bonds. The lowest BCUT2D eigenvalue weighted by molar-refractivity contribution is 1.01. The van der Waals surface area contributed by atoms with Crippen LogP contribution in [0.5, 0.6) is 0 Å². The Balaban J connectivity index is 1.62. The van der Waals surface area contributed by atoms with Gasteiger partial charge in [-0.15, -0.1) is 11.3 Å². The fourth-order valence-electron chi connectivity index (χ4n) is 2.15. The number of nitrogens with zero attached hydrogens (tertiary/aromatic N) is 4. The van der Waals surface area contributed by atoms with Crippen LogP contribution in [0.1, 0.15) is 5.69 Å². The van der Waals surface area contributed by atoms with E-state index >= 15 is 0 Å². The minimum Gasteiger partial charge on any atom is -0.269 e. The number of hydrogen-bond acceptors (Lipinski definition) is 6. The van der Waals surface area contributed by atoms with E-state index in [1.54, 1.807) is 47.6 Å². The molecule has 0 aliphatic heterocycles. The fourth-order valence-corrected chi connectivity index (χ4v) is 4.22. The molecule has 8 heteroatoms. The second-order valence-corrected chi connectivity index (χ2v) is 7.44. The maximum atomic E-state index is 12.1. The van der Waals surface area contributed by atoms with Gasteiger partial charge in [-0.05, 0) is 24.3 Å². The highest BCUT2D eigenvalue weighted by Crippen LogP contribution is 2.30. The number of halogens is 1. The van der Waals surface area contributed by atoms with Gasteiger partial charge >= 0.3 is 0 Å². The van der Waals surface area contributed by atoms with Crippen molar-refractivity contribution in [3.05, 3.63) is 63.8 Å². The molecule has 0 unspecified atom stereocenters. The van der Waals surface area contributed by atoms with Crippen molar-refractivity contribution < 1.29 is 0 Å². The molecule has 23 heavy (non-hydrogen) atoms. The first kappa shape index (κ1) is 14.6. The first-order valence-electron chi connectivity index (χ1n) is 6.71. The molecule has 5 nitrogen and oxygen atoms in total. The van der Waals surface area contributed by atoms with E-state index in [1.165, 1.54) is 10.5 Å². The molecular weight excluding hydrogens is 352 g/mol. The maximum absolute atomic E-state index is 12.1. The van der Waals surface area contributed by atoms with Crippen molar-refractivity contribution in [2.45, 2.75) is 10.1 Å². The van der Waals surface area contributed by atoms with Crippen LogP contribution < -0.4 is 5.56 Å². The van der Waals surface area contributed by atoms with Crippen molar-refractivity contribution in [2.24, 2.45) is 0 Å². The van der Waals surface area contributed by atoms with Gasteiger partial charge in [0.15, 0.2) is 9.99 Å². The van der Waals surface area contributed by atoms with Gasteiger partial charge in [0.1, 0.15) is 5.65 Å². The average molecular weight is 361 g/mol. The van der Waals surface area contributed by atoms with E-state index in [1.807, 2.05) is 12.1 Å². The summed E-state index contributed by atoms with van der Waals surface area (Å²) in [6.45, 7) is 0. The summed E-state index contributed by atoms with van der Waals surface area (Å²) in [4.78, 5) is 25.3. The predicted molar refractivity (Wildman–Crippen MR) is 93.4 cm³/mol. The highest BCUT2D eigenvalue weighted by Gasteiger charge is 2.08. The maximum Gasteiger partial charge on any atom is 0.258 e. The van der Waals surface area contributed by atoms with Crippen molar-refractivity contribution in [3.63, 3.8) is 0 Å². The lowest BCUT2D eigenvalue weighted by Gasteiger charge is -2.03. The predicted octanol–water partition coefficient (Wildman–Crippen LogP) is 3.64. The molecule has 4 rings (SSSR count). The zero-order valence-electron chi connectivity index (χ0n) is 11.6. The summed E-state index contributed by atoms with van der Waals surface area (Å²) in [6.07, 6.45) is 3.30. The number of thioether (sulfide) groups is 1. The van der Waals surface area contributed by atoms with Gasteiger partial charge in [0.25, 0.3) is 5.56 Å². The summed E-state index contributed by atoms with van der Waals surface area (Å²) in [5.74, 6) is 0.578. The van der Waals surface area contributed by atoms with Gasteiger partial charge in [0.05, 0.1) is 15.4 Å². The van der Waals surface area contributed by atoms with Crippen LogP contribution in [0.3, 0.4) is 0 Å². The highest BCUT2D eigenvalue weighted by molar-refractivity contribution is 8.00. The van der Waals surface area contributed by atoms with Gasteiger partial charge in [-0.1, -0.05) is 23.4 Å². The second-order valence-electron chi connectivity index (χ2n) is 4.75. The van der Waals surface area contributed by atoms with E-state index in [-0.39, 0.29) is 5.56 Å². The van der Waals surface area contributed by atoms with Gasteiger partial charge in [0, 0.05) is 24.2 Å². The van der Waals surface area contributed by atoms with Crippen LogP contribution in [0.4, 0.5) is 0 Å². The van der Waals surface area contributed by atoms with Crippen LogP contribution in [0, 0.1) is 0 Å². The smallest absolute Gasteiger partial charge is 0.258 e. The van der Waals surface area contributed by atoms with Crippen molar-refractivity contribution in [1.29, 1.82) is 0 Å². The summed E-state index contributed by atoms with van der Waals surface area (Å²) in [7, 11) is 0. The minimum atomic E-state index is -0.140. The summed E-state index contributed by atoms with van der Waals surface area (Å²) < 4.78 is 3.41. The third-order valence-electron chi connectivity index (χ3n) is 3.17. The van der Waals surface area contributed by atoms with Crippen molar-refractivity contribution in [1.82, 2.24) is 19.4 Å². The molecule has 0 fully saturated rings. The van der Waals surface area contributed by atoms with Gasteiger partial charge in [-0.3, -0.25) is 9.20 Å². The quantitative estimate of drug-likeness (QED) is 0.522. The Bertz CT molecular complexity index is 1040. The fraction of sp³-hybridized carbons (Fsp3) is 0.0667. The van der Waals surface area contributed by atoms with E-state index in [0.717, 1.165) is 20.4 Å². The molecule has 0 atom stereocenters. The number of thiazole rings is 1. The highest BCUT2D eigenvalue weighted by atomic mass is 35.5. The van der Waals surface area contributed by atoms with Crippen LogP contribution in [0.15, 0.2) is 51.9 Å². The SMILES string of the molecule is O=c1cc(CSc2nc3ncccc3s2)nc2ccc(Cl)cn12. The molecule has 114 valence electrons. The van der Waals surface area contributed by atoms with Crippen LogP contribution >= 0.6 is 34.7 Å².